The van der Waals surface area contributed by atoms with Crippen LogP contribution in [0, 0.1) is 0 Å². The highest BCUT2D eigenvalue weighted by molar-refractivity contribution is 7.13. The average molecular weight is 417 g/mol. The number of ether oxygens (including phenoxy) is 1. The van der Waals surface area contributed by atoms with Gasteiger partial charge in [0.2, 0.25) is 0 Å². The van der Waals surface area contributed by atoms with Gasteiger partial charge in [-0.2, -0.15) is 0 Å². The maximum atomic E-state index is 12.7. The molecule has 1 saturated heterocycles. The van der Waals surface area contributed by atoms with Crippen molar-refractivity contribution in [3.05, 3.63) is 39.1 Å². The Morgan fingerprint density at radius 2 is 2.21 bits per heavy atom. The Balaban J connectivity index is 1.45. The third-order valence-corrected chi connectivity index (χ3v) is 6.25. The molecule has 4 heterocycles. The Kier molecular flexibility index (Phi) is 5.48. The minimum atomic E-state index is -0.493. The fraction of sp³-hybridized carbons (Fsp3) is 0.571. The van der Waals surface area contributed by atoms with Crippen LogP contribution in [0.5, 0.6) is 0 Å². The monoisotopic (exact) mass is 416 g/mol. The molecule has 7 nitrogen and oxygen atoms in total. The molecule has 29 heavy (non-hydrogen) atoms. The van der Waals surface area contributed by atoms with Gasteiger partial charge in [0, 0.05) is 38.6 Å². The Bertz CT molecular complexity index is 932. The molecule has 1 N–H and O–H groups in total. The Morgan fingerprint density at radius 3 is 2.93 bits per heavy atom. The number of rotatable bonds is 3. The highest BCUT2D eigenvalue weighted by atomic mass is 32.1. The molecule has 156 valence electrons. The first-order chi connectivity index (χ1) is 13.8. The largest absolute Gasteiger partial charge is 0.444 e. The van der Waals surface area contributed by atoms with E-state index < -0.39 is 5.60 Å². The van der Waals surface area contributed by atoms with Gasteiger partial charge in [-0.15, -0.1) is 11.3 Å². The van der Waals surface area contributed by atoms with E-state index in [9.17, 15) is 9.59 Å². The minimum absolute atomic E-state index is 0.0569. The van der Waals surface area contributed by atoms with Crippen molar-refractivity contribution in [1.29, 1.82) is 0 Å². The summed E-state index contributed by atoms with van der Waals surface area (Å²) in [5, 5.41) is 1.98. The summed E-state index contributed by atoms with van der Waals surface area (Å²) in [5.41, 5.74) is 1.09. The number of carbonyl (C=O) groups excluding carboxylic acids is 1. The summed E-state index contributed by atoms with van der Waals surface area (Å²) in [6.07, 6.45) is 2.46. The van der Waals surface area contributed by atoms with Gasteiger partial charge in [-0.25, -0.2) is 9.78 Å². The molecule has 2 aromatic rings. The highest BCUT2D eigenvalue weighted by Crippen LogP contribution is 2.25. The lowest BCUT2D eigenvalue weighted by molar-refractivity contribution is 0.0192. The molecule has 4 rings (SSSR count). The topological polar surface area (TPSA) is 78.5 Å². The Labute approximate surface area is 174 Å². The number of nitrogens with zero attached hydrogens (tertiary/aromatic N) is 3. The quantitative estimate of drug-likeness (QED) is 0.831. The smallest absolute Gasteiger partial charge is 0.410 e. The van der Waals surface area contributed by atoms with Gasteiger partial charge in [-0.05, 0) is 45.1 Å². The first-order valence-corrected chi connectivity index (χ1v) is 11.1. The van der Waals surface area contributed by atoms with Crippen LogP contribution in [0.25, 0.3) is 10.7 Å². The van der Waals surface area contributed by atoms with Crippen molar-refractivity contribution in [3.63, 3.8) is 0 Å². The number of hydrogen-bond acceptors (Lipinski definition) is 6. The zero-order chi connectivity index (χ0) is 20.6. The third kappa shape index (κ3) is 4.53. The van der Waals surface area contributed by atoms with Crippen LogP contribution in [0.2, 0.25) is 0 Å². The van der Waals surface area contributed by atoms with Crippen molar-refractivity contribution in [2.24, 2.45) is 0 Å². The normalized spacial score (nSPS) is 20.0. The minimum Gasteiger partial charge on any atom is -0.444 e. The van der Waals surface area contributed by atoms with Crippen LogP contribution < -0.4 is 5.56 Å². The van der Waals surface area contributed by atoms with Crippen LogP contribution in [0.15, 0.2) is 22.3 Å². The van der Waals surface area contributed by atoms with Crippen LogP contribution in [0.1, 0.15) is 44.9 Å². The van der Waals surface area contributed by atoms with E-state index in [0.717, 1.165) is 55.0 Å². The molecule has 1 atom stereocenters. The van der Waals surface area contributed by atoms with Crippen LogP contribution >= 0.6 is 11.3 Å². The van der Waals surface area contributed by atoms with Crippen molar-refractivity contribution in [2.75, 3.05) is 19.6 Å². The number of likely N-dealkylation sites (tertiary alicyclic amines) is 1. The molecular formula is C21H28N4O3S. The maximum Gasteiger partial charge on any atom is 0.410 e. The van der Waals surface area contributed by atoms with Gasteiger partial charge in [0.1, 0.15) is 5.60 Å². The summed E-state index contributed by atoms with van der Waals surface area (Å²) in [7, 11) is 0. The number of fused-ring (bicyclic) bond motifs is 1. The van der Waals surface area contributed by atoms with Crippen molar-refractivity contribution in [3.8, 4) is 10.7 Å². The van der Waals surface area contributed by atoms with E-state index >= 15 is 0 Å². The van der Waals surface area contributed by atoms with Gasteiger partial charge in [0.05, 0.1) is 16.1 Å². The predicted octanol–water partition coefficient (Wildman–Crippen LogP) is 3.26. The second-order valence-corrected chi connectivity index (χ2v) is 9.72. The van der Waals surface area contributed by atoms with Crippen LogP contribution in [-0.4, -0.2) is 57.1 Å². The number of H-pyrrole nitrogens is 1. The van der Waals surface area contributed by atoms with Crippen molar-refractivity contribution in [2.45, 2.75) is 58.2 Å². The molecule has 0 saturated carbocycles. The van der Waals surface area contributed by atoms with Crippen LogP contribution in [0.3, 0.4) is 0 Å². The van der Waals surface area contributed by atoms with Crippen LogP contribution in [-0.2, 0) is 17.7 Å². The summed E-state index contributed by atoms with van der Waals surface area (Å²) >= 11 is 1.57. The first-order valence-electron chi connectivity index (χ1n) is 10.2. The maximum absolute atomic E-state index is 12.7. The second-order valence-electron chi connectivity index (χ2n) is 8.77. The van der Waals surface area contributed by atoms with Crippen molar-refractivity contribution < 1.29 is 9.53 Å². The number of aromatic nitrogens is 2. The average Bonchev–Trinajstić information content (AvgIpc) is 3.32. The van der Waals surface area contributed by atoms with Crippen molar-refractivity contribution >= 4 is 17.4 Å². The van der Waals surface area contributed by atoms with Crippen LogP contribution in [0.4, 0.5) is 4.79 Å². The molecule has 1 amide bonds. The Hall–Kier alpha value is -2.19. The highest BCUT2D eigenvalue weighted by Gasteiger charge is 2.34. The standard InChI is InChI=1S/C21H28N4O3S/c1-21(2,3)28-20(27)25-9-4-6-14(25)12-24-10-8-16-15(13-24)19(26)23-18(22-16)17-7-5-11-29-17/h5,7,11,14H,4,6,8-10,12-13H2,1-3H3,(H,22,23,26). The summed E-state index contributed by atoms with van der Waals surface area (Å²) in [5.74, 6) is 0.657. The molecule has 1 fully saturated rings. The molecule has 2 aromatic heterocycles. The van der Waals surface area contributed by atoms with E-state index in [0.29, 0.717) is 12.4 Å². The van der Waals surface area contributed by atoms with Gasteiger partial charge in [-0.3, -0.25) is 9.69 Å². The summed E-state index contributed by atoms with van der Waals surface area (Å²) in [4.78, 5) is 38.0. The molecule has 2 aliphatic rings. The van der Waals surface area contributed by atoms with E-state index in [-0.39, 0.29) is 17.7 Å². The van der Waals surface area contributed by atoms with Gasteiger partial charge < -0.3 is 14.6 Å². The second kappa shape index (κ2) is 7.91. The lowest BCUT2D eigenvalue weighted by Gasteiger charge is -2.34. The van der Waals surface area contributed by atoms with E-state index in [4.69, 9.17) is 9.72 Å². The molecule has 0 bridgehead atoms. The van der Waals surface area contributed by atoms with E-state index in [2.05, 4.69) is 9.88 Å². The van der Waals surface area contributed by atoms with Gasteiger partial charge >= 0.3 is 6.09 Å². The SMILES string of the molecule is CC(C)(C)OC(=O)N1CCCC1CN1CCc2nc(-c3cccs3)[nH]c(=O)c2C1. The zero-order valence-corrected chi connectivity index (χ0v) is 18.1. The van der Waals surface area contributed by atoms with Gasteiger partial charge in [0.15, 0.2) is 5.82 Å². The molecule has 0 spiro atoms. The molecule has 8 heteroatoms. The first kappa shape index (κ1) is 20.1. The number of amides is 1. The molecule has 0 aliphatic carbocycles. The molecule has 0 aromatic carbocycles. The Morgan fingerprint density at radius 1 is 1.38 bits per heavy atom. The van der Waals surface area contributed by atoms with Gasteiger partial charge in [0.25, 0.3) is 5.56 Å². The third-order valence-electron chi connectivity index (χ3n) is 5.38. The lowest BCUT2D eigenvalue weighted by atomic mass is 10.1. The number of aromatic amines is 1. The predicted molar refractivity (Wildman–Crippen MR) is 113 cm³/mol. The summed E-state index contributed by atoms with van der Waals surface area (Å²) in [6, 6.07) is 4.05. The molecule has 0 radical (unpaired) electrons. The molecule has 2 aliphatic heterocycles. The van der Waals surface area contributed by atoms with E-state index in [1.54, 1.807) is 11.3 Å². The zero-order valence-electron chi connectivity index (χ0n) is 17.2. The number of carbonyl (C=O) groups is 1. The van der Waals surface area contributed by atoms with E-state index in [1.807, 2.05) is 43.2 Å². The van der Waals surface area contributed by atoms with Gasteiger partial charge in [-0.1, -0.05) is 6.07 Å². The lowest BCUT2D eigenvalue weighted by Crippen LogP contribution is -2.47. The molecule has 1 unspecified atom stereocenters. The van der Waals surface area contributed by atoms with Crippen molar-refractivity contribution in [1.82, 2.24) is 19.8 Å². The number of thiophene rings is 1. The fourth-order valence-electron chi connectivity index (χ4n) is 4.05. The molecular weight excluding hydrogens is 388 g/mol. The summed E-state index contributed by atoms with van der Waals surface area (Å²) in [6.45, 7) is 8.57. The fourth-order valence-corrected chi connectivity index (χ4v) is 4.72. The number of hydrogen-bond donors (Lipinski definition) is 1. The number of nitrogens with one attached hydrogen (secondary N) is 1. The van der Waals surface area contributed by atoms with E-state index in [1.165, 1.54) is 0 Å². The summed E-state index contributed by atoms with van der Waals surface area (Å²) < 4.78 is 5.57.